The number of ether oxygens (including phenoxy) is 1. The highest BCUT2D eigenvalue weighted by atomic mass is 16.6. The van der Waals surface area contributed by atoms with Crippen LogP contribution in [0.1, 0.15) is 62.8 Å². The third-order valence-electron chi connectivity index (χ3n) is 7.87. The SMILES string of the molecule is C=CC(=O)N1CCN(C(CC(C)C)c2ccc(C3(Nc4ncc5c(n4)N(CC)C(=O)OC5)CC3)cc2)CC1. The van der Waals surface area contributed by atoms with Crippen LogP contribution in [0.2, 0.25) is 0 Å². The number of fused-ring (bicyclic) bond motifs is 1. The third-order valence-corrected chi connectivity index (χ3v) is 7.87. The van der Waals surface area contributed by atoms with Crippen LogP contribution in [0, 0.1) is 5.92 Å². The van der Waals surface area contributed by atoms with Crippen LogP contribution in [-0.4, -0.2) is 64.5 Å². The Bertz CT molecular complexity index is 1190. The van der Waals surface area contributed by atoms with Crippen LogP contribution in [0.5, 0.6) is 0 Å². The molecular formula is C29H38N6O3. The minimum Gasteiger partial charge on any atom is -0.444 e. The van der Waals surface area contributed by atoms with E-state index in [9.17, 15) is 9.59 Å². The Hall–Kier alpha value is -3.46. The number of nitrogens with one attached hydrogen (secondary N) is 1. The third kappa shape index (κ3) is 5.25. The highest BCUT2D eigenvalue weighted by molar-refractivity contribution is 5.89. The molecule has 2 aromatic rings. The molecule has 2 amide bonds. The van der Waals surface area contributed by atoms with Crippen LogP contribution in [0.4, 0.5) is 16.6 Å². The first-order chi connectivity index (χ1) is 18.3. The van der Waals surface area contributed by atoms with Gasteiger partial charge < -0.3 is 15.0 Å². The number of piperazine rings is 1. The van der Waals surface area contributed by atoms with Crippen LogP contribution < -0.4 is 10.2 Å². The number of carbonyl (C=O) groups excluding carboxylic acids is 2. The minimum absolute atomic E-state index is 0.0156. The number of carbonyl (C=O) groups is 2. The summed E-state index contributed by atoms with van der Waals surface area (Å²) in [6.07, 6.45) is 5.85. The molecule has 0 radical (unpaired) electrons. The summed E-state index contributed by atoms with van der Waals surface area (Å²) in [6.45, 7) is 14.0. The molecule has 2 aliphatic heterocycles. The summed E-state index contributed by atoms with van der Waals surface area (Å²) >= 11 is 0. The molecule has 1 aliphatic carbocycles. The molecule has 9 nitrogen and oxygen atoms in total. The van der Waals surface area contributed by atoms with Gasteiger partial charge in [-0.25, -0.2) is 9.78 Å². The molecular weight excluding hydrogens is 480 g/mol. The van der Waals surface area contributed by atoms with Crippen molar-refractivity contribution in [2.24, 2.45) is 5.92 Å². The van der Waals surface area contributed by atoms with E-state index in [1.807, 2.05) is 11.8 Å². The lowest BCUT2D eigenvalue weighted by Crippen LogP contribution is -2.49. The second-order valence-corrected chi connectivity index (χ2v) is 10.9. The van der Waals surface area contributed by atoms with Crippen molar-refractivity contribution in [2.75, 3.05) is 42.9 Å². The van der Waals surface area contributed by atoms with Gasteiger partial charge in [-0.05, 0) is 49.3 Å². The Kier molecular flexibility index (Phi) is 7.38. The van der Waals surface area contributed by atoms with Gasteiger partial charge in [0.1, 0.15) is 12.4 Å². The molecule has 3 heterocycles. The van der Waals surface area contributed by atoms with E-state index in [0.717, 1.165) is 51.0 Å². The fourth-order valence-electron chi connectivity index (χ4n) is 5.55. The first-order valence-corrected chi connectivity index (χ1v) is 13.7. The van der Waals surface area contributed by atoms with Gasteiger partial charge in [-0.15, -0.1) is 0 Å². The molecule has 0 bridgehead atoms. The van der Waals surface area contributed by atoms with Crippen molar-refractivity contribution in [2.45, 2.75) is 58.2 Å². The fraction of sp³-hybridized carbons (Fsp3) is 0.517. The minimum atomic E-state index is -0.369. The summed E-state index contributed by atoms with van der Waals surface area (Å²) in [5.74, 6) is 1.73. The summed E-state index contributed by atoms with van der Waals surface area (Å²) in [4.78, 5) is 39.3. The van der Waals surface area contributed by atoms with Gasteiger partial charge in [0.15, 0.2) is 0 Å². The van der Waals surface area contributed by atoms with Crippen LogP contribution in [0.25, 0.3) is 0 Å². The molecule has 38 heavy (non-hydrogen) atoms. The highest BCUT2D eigenvalue weighted by Crippen LogP contribution is 2.48. The number of amides is 2. The standard InChI is InChI=1S/C29H38N6O3/c1-5-25(36)34-15-13-33(14-16-34)24(17-20(3)4)21-7-9-23(10-8-21)29(11-12-29)32-27-30-18-22-19-38-28(37)35(6-2)26(22)31-27/h5,7-10,18,20,24H,1,6,11-17,19H2,2-4H3,(H,30,31,32). The predicted octanol–water partition coefficient (Wildman–Crippen LogP) is 4.47. The molecule has 1 saturated carbocycles. The van der Waals surface area contributed by atoms with Gasteiger partial charge in [-0.1, -0.05) is 44.7 Å². The van der Waals surface area contributed by atoms with Crippen molar-refractivity contribution in [1.82, 2.24) is 19.8 Å². The average molecular weight is 519 g/mol. The molecule has 9 heteroatoms. The van der Waals surface area contributed by atoms with Crippen LogP contribution in [0.15, 0.2) is 43.1 Å². The fourth-order valence-corrected chi connectivity index (χ4v) is 5.55. The lowest BCUT2D eigenvalue weighted by molar-refractivity contribution is -0.128. The summed E-state index contributed by atoms with van der Waals surface area (Å²) in [5, 5.41) is 3.56. The van der Waals surface area contributed by atoms with E-state index in [-0.39, 0.29) is 24.1 Å². The van der Waals surface area contributed by atoms with Crippen molar-refractivity contribution in [3.05, 3.63) is 59.8 Å². The van der Waals surface area contributed by atoms with E-state index >= 15 is 0 Å². The summed E-state index contributed by atoms with van der Waals surface area (Å²) in [6, 6.07) is 9.29. The molecule has 3 aliphatic rings. The van der Waals surface area contributed by atoms with Crippen LogP contribution in [0.3, 0.4) is 0 Å². The molecule has 1 saturated heterocycles. The van der Waals surface area contributed by atoms with Crippen molar-refractivity contribution in [3.63, 3.8) is 0 Å². The first-order valence-electron chi connectivity index (χ1n) is 13.7. The molecule has 1 aromatic heterocycles. The maximum Gasteiger partial charge on any atom is 0.415 e. The number of benzene rings is 1. The smallest absolute Gasteiger partial charge is 0.415 e. The zero-order valence-corrected chi connectivity index (χ0v) is 22.7. The average Bonchev–Trinajstić information content (AvgIpc) is 3.72. The van der Waals surface area contributed by atoms with Crippen LogP contribution in [-0.2, 0) is 21.7 Å². The van der Waals surface area contributed by atoms with E-state index in [2.05, 4.69) is 59.9 Å². The molecule has 2 fully saturated rings. The van der Waals surface area contributed by atoms with Gasteiger partial charge in [-0.2, -0.15) is 4.98 Å². The van der Waals surface area contributed by atoms with Gasteiger partial charge in [0, 0.05) is 45.0 Å². The maximum absolute atomic E-state index is 12.1. The van der Waals surface area contributed by atoms with E-state index in [4.69, 9.17) is 9.72 Å². The van der Waals surface area contributed by atoms with Gasteiger partial charge in [0.2, 0.25) is 11.9 Å². The Morgan fingerprint density at radius 2 is 1.89 bits per heavy atom. The topological polar surface area (TPSA) is 90.9 Å². The van der Waals surface area contributed by atoms with Crippen molar-refractivity contribution >= 4 is 23.8 Å². The van der Waals surface area contributed by atoms with Gasteiger partial charge in [0.25, 0.3) is 0 Å². The second kappa shape index (κ2) is 10.7. The van der Waals surface area contributed by atoms with Crippen molar-refractivity contribution in [3.8, 4) is 0 Å². The van der Waals surface area contributed by atoms with E-state index in [0.29, 0.717) is 30.3 Å². The first kappa shape index (κ1) is 26.2. The van der Waals surface area contributed by atoms with Crippen LogP contribution >= 0.6 is 0 Å². The molecule has 0 spiro atoms. The van der Waals surface area contributed by atoms with Crippen molar-refractivity contribution in [1.29, 1.82) is 0 Å². The van der Waals surface area contributed by atoms with Gasteiger partial charge in [-0.3, -0.25) is 14.6 Å². The molecule has 1 unspecified atom stereocenters. The molecule has 1 N–H and O–H groups in total. The zero-order chi connectivity index (χ0) is 26.9. The van der Waals surface area contributed by atoms with Gasteiger partial charge >= 0.3 is 6.09 Å². The number of hydrogen-bond acceptors (Lipinski definition) is 7. The number of anilines is 2. The highest BCUT2D eigenvalue weighted by Gasteiger charge is 2.45. The Morgan fingerprint density at radius 3 is 2.50 bits per heavy atom. The second-order valence-electron chi connectivity index (χ2n) is 10.9. The maximum atomic E-state index is 12.1. The van der Waals surface area contributed by atoms with Gasteiger partial charge in [0.05, 0.1) is 11.1 Å². The van der Waals surface area contributed by atoms with E-state index in [1.165, 1.54) is 17.2 Å². The summed E-state index contributed by atoms with van der Waals surface area (Å²) in [7, 11) is 0. The largest absolute Gasteiger partial charge is 0.444 e. The quantitative estimate of drug-likeness (QED) is 0.490. The normalized spacial score (nSPS) is 19.5. The summed E-state index contributed by atoms with van der Waals surface area (Å²) in [5.41, 5.74) is 3.16. The van der Waals surface area contributed by atoms with Crippen molar-refractivity contribution < 1.29 is 14.3 Å². The number of aromatic nitrogens is 2. The zero-order valence-electron chi connectivity index (χ0n) is 22.7. The predicted molar refractivity (Wildman–Crippen MR) is 147 cm³/mol. The molecule has 1 aromatic carbocycles. The lowest BCUT2D eigenvalue weighted by atomic mass is 9.93. The number of nitrogens with zero attached hydrogens (tertiary/aromatic N) is 5. The van der Waals surface area contributed by atoms with E-state index in [1.54, 1.807) is 11.1 Å². The molecule has 202 valence electrons. The Morgan fingerprint density at radius 1 is 1.18 bits per heavy atom. The molecule has 5 rings (SSSR count). The summed E-state index contributed by atoms with van der Waals surface area (Å²) < 4.78 is 5.21. The molecule has 1 atom stereocenters. The number of rotatable bonds is 9. The monoisotopic (exact) mass is 518 g/mol. The lowest BCUT2D eigenvalue weighted by Gasteiger charge is -2.40. The van der Waals surface area contributed by atoms with E-state index < -0.39 is 0 Å². The number of hydrogen-bond donors (Lipinski definition) is 1. The Balaban J connectivity index is 1.31. The Labute approximate surface area is 224 Å². The number of cyclic esters (lactones) is 1.